The van der Waals surface area contributed by atoms with Gasteiger partial charge in [-0.05, 0) is 54.9 Å². The maximum Gasteiger partial charge on any atom is 0.219 e. The van der Waals surface area contributed by atoms with Crippen molar-refractivity contribution >= 4 is 5.91 Å². The van der Waals surface area contributed by atoms with Crippen molar-refractivity contribution in [2.75, 3.05) is 13.7 Å². The van der Waals surface area contributed by atoms with E-state index in [0.29, 0.717) is 12.0 Å². The van der Waals surface area contributed by atoms with Crippen LogP contribution in [0.5, 0.6) is 5.75 Å². The van der Waals surface area contributed by atoms with Crippen molar-refractivity contribution in [1.82, 2.24) is 4.90 Å². The number of ether oxygens (including phenoxy) is 1. The Balaban J connectivity index is 1.85. The number of rotatable bonds is 1. The summed E-state index contributed by atoms with van der Waals surface area (Å²) in [6, 6.07) is 7.00. The molecule has 0 unspecified atom stereocenters. The van der Waals surface area contributed by atoms with Crippen LogP contribution in [0.3, 0.4) is 0 Å². The van der Waals surface area contributed by atoms with E-state index >= 15 is 0 Å². The summed E-state index contributed by atoms with van der Waals surface area (Å²) in [5.41, 5.74) is 3.25. The number of benzene rings is 1. The molecule has 2 fully saturated rings. The number of hydrogen-bond acceptors (Lipinski definition) is 2. The van der Waals surface area contributed by atoms with Crippen molar-refractivity contribution in [3.8, 4) is 5.75 Å². The molecule has 3 nitrogen and oxygen atoms in total. The Morgan fingerprint density at radius 3 is 2.95 bits per heavy atom. The van der Waals surface area contributed by atoms with Gasteiger partial charge < -0.3 is 9.64 Å². The first-order valence-corrected chi connectivity index (χ1v) is 8.60. The second kappa shape index (κ2) is 5.00. The van der Waals surface area contributed by atoms with Gasteiger partial charge in [0.15, 0.2) is 0 Å². The van der Waals surface area contributed by atoms with E-state index < -0.39 is 0 Å². The van der Waals surface area contributed by atoms with E-state index in [2.05, 4.69) is 23.1 Å². The molecular weight excluding hydrogens is 274 g/mol. The van der Waals surface area contributed by atoms with Crippen molar-refractivity contribution in [1.29, 1.82) is 0 Å². The minimum absolute atomic E-state index is 0.251. The Hall–Kier alpha value is -1.51. The molecule has 3 atom stereocenters. The lowest BCUT2D eigenvalue weighted by atomic mass is 9.52. The Bertz CT molecular complexity index is 611. The zero-order valence-corrected chi connectivity index (χ0v) is 13.6. The normalized spacial score (nSPS) is 32.9. The summed E-state index contributed by atoms with van der Waals surface area (Å²) < 4.78 is 5.49. The Kier molecular flexibility index (Phi) is 3.21. The van der Waals surface area contributed by atoms with Crippen LogP contribution in [0.1, 0.15) is 50.2 Å². The van der Waals surface area contributed by atoms with Gasteiger partial charge in [0.05, 0.1) is 7.11 Å². The summed E-state index contributed by atoms with van der Waals surface area (Å²) in [5.74, 6) is 1.87. The van der Waals surface area contributed by atoms with Crippen molar-refractivity contribution in [2.24, 2.45) is 5.92 Å². The first kappa shape index (κ1) is 14.1. The molecule has 1 aromatic rings. The van der Waals surface area contributed by atoms with E-state index in [1.54, 1.807) is 14.0 Å². The van der Waals surface area contributed by atoms with Gasteiger partial charge in [0.25, 0.3) is 0 Å². The van der Waals surface area contributed by atoms with Gasteiger partial charge in [-0.2, -0.15) is 0 Å². The highest BCUT2D eigenvalue weighted by Gasteiger charge is 2.54. The minimum Gasteiger partial charge on any atom is -0.497 e. The zero-order valence-electron chi connectivity index (χ0n) is 13.6. The third-order valence-corrected chi connectivity index (χ3v) is 6.45. The lowest BCUT2D eigenvalue weighted by Crippen LogP contribution is -2.61. The summed E-state index contributed by atoms with van der Waals surface area (Å²) in [4.78, 5) is 14.2. The predicted octanol–water partition coefficient (Wildman–Crippen LogP) is 3.30. The number of carbonyl (C=O) groups is 1. The maximum absolute atomic E-state index is 12.1. The van der Waals surface area contributed by atoms with Gasteiger partial charge in [-0.15, -0.1) is 0 Å². The van der Waals surface area contributed by atoms with Crippen LogP contribution in [-0.2, 0) is 16.6 Å². The van der Waals surface area contributed by atoms with Crippen molar-refractivity contribution < 1.29 is 9.53 Å². The van der Waals surface area contributed by atoms with Crippen LogP contribution in [0, 0.1) is 5.92 Å². The second-order valence-electron chi connectivity index (χ2n) is 7.27. The molecule has 1 amide bonds. The van der Waals surface area contributed by atoms with Gasteiger partial charge in [-0.25, -0.2) is 0 Å². The summed E-state index contributed by atoms with van der Waals surface area (Å²) in [7, 11) is 1.75. The standard InChI is InChI=1S/C19H25NO2/c1-13(21)20-10-9-19-8-4-3-5-16(19)18(20)11-14-6-7-15(22-2)12-17(14)19/h6-7,12,16,18H,3-5,8-11H2,1-2H3/t16-,18-,19-/m0/s1. The molecule has 3 heteroatoms. The van der Waals surface area contributed by atoms with Crippen LogP contribution in [0.2, 0.25) is 0 Å². The summed E-state index contributed by atoms with van der Waals surface area (Å²) >= 11 is 0. The number of fused-ring (bicyclic) bond motifs is 1. The van der Waals surface area contributed by atoms with E-state index in [0.717, 1.165) is 25.1 Å². The molecule has 0 aromatic heterocycles. The lowest BCUT2D eigenvalue weighted by molar-refractivity contribution is -0.138. The number of likely N-dealkylation sites (tertiary alicyclic amines) is 1. The van der Waals surface area contributed by atoms with Crippen LogP contribution in [0.25, 0.3) is 0 Å². The van der Waals surface area contributed by atoms with E-state index in [-0.39, 0.29) is 11.3 Å². The molecule has 1 aromatic carbocycles. The van der Waals surface area contributed by atoms with E-state index in [9.17, 15) is 4.79 Å². The Morgan fingerprint density at radius 2 is 2.18 bits per heavy atom. The summed E-state index contributed by atoms with van der Waals surface area (Å²) in [5, 5.41) is 0. The Labute approximate surface area is 132 Å². The highest BCUT2D eigenvalue weighted by molar-refractivity contribution is 5.74. The highest BCUT2D eigenvalue weighted by Crippen LogP contribution is 2.56. The van der Waals surface area contributed by atoms with Crippen molar-refractivity contribution in [3.05, 3.63) is 29.3 Å². The fourth-order valence-corrected chi connectivity index (χ4v) is 5.50. The molecule has 1 aliphatic heterocycles. The van der Waals surface area contributed by atoms with E-state index in [1.807, 2.05) is 0 Å². The average Bonchev–Trinajstić information content (AvgIpc) is 2.54. The quantitative estimate of drug-likeness (QED) is 0.796. The first-order chi connectivity index (χ1) is 10.7. The lowest BCUT2D eigenvalue weighted by Gasteiger charge is -2.59. The van der Waals surface area contributed by atoms with Gasteiger partial charge in [0.2, 0.25) is 5.91 Å². The van der Waals surface area contributed by atoms with Crippen LogP contribution >= 0.6 is 0 Å². The van der Waals surface area contributed by atoms with Crippen molar-refractivity contribution in [3.63, 3.8) is 0 Å². The SMILES string of the molecule is COc1ccc2c(c1)[C@]13CCCC[C@H]1[C@H](C2)N(C(C)=O)CC3. The number of carbonyl (C=O) groups excluding carboxylic acids is 1. The van der Waals surface area contributed by atoms with Gasteiger partial charge in [-0.1, -0.05) is 18.9 Å². The first-order valence-electron chi connectivity index (χ1n) is 8.60. The molecule has 1 saturated heterocycles. The molecule has 0 spiro atoms. The third-order valence-electron chi connectivity index (χ3n) is 6.45. The molecule has 0 radical (unpaired) electrons. The third kappa shape index (κ3) is 1.84. The molecule has 2 bridgehead atoms. The van der Waals surface area contributed by atoms with Gasteiger partial charge >= 0.3 is 0 Å². The zero-order chi connectivity index (χ0) is 15.3. The average molecular weight is 299 g/mol. The molecule has 2 aliphatic carbocycles. The molecule has 3 aliphatic rings. The number of methoxy groups -OCH3 is 1. The van der Waals surface area contributed by atoms with Crippen LogP contribution < -0.4 is 4.74 Å². The Morgan fingerprint density at radius 1 is 1.32 bits per heavy atom. The molecule has 118 valence electrons. The topological polar surface area (TPSA) is 29.5 Å². The molecular formula is C19H25NO2. The fourth-order valence-electron chi connectivity index (χ4n) is 5.50. The fraction of sp³-hybridized carbons (Fsp3) is 0.632. The van der Waals surface area contributed by atoms with Gasteiger partial charge in [0.1, 0.15) is 5.75 Å². The monoisotopic (exact) mass is 299 g/mol. The largest absolute Gasteiger partial charge is 0.497 e. The smallest absolute Gasteiger partial charge is 0.219 e. The second-order valence-corrected chi connectivity index (χ2v) is 7.27. The highest BCUT2D eigenvalue weighted by atomic mass is 16.5. The molecule has 0 N–H and O–H groups in total. The molecule has 4 rings (SSSR count). The van der Waals surface area contributed by atoms with E-state index in [4.69, 9.17) is 4.74 Å². The van der Waals surface area contributed by atoms with E-state index in [1.165, 1.54) is 36.8 Å². The van der Waals surface area contributed by atoms with Crippen LogP contribution in [0.4, 0.5) is 0 Å². The molecule has 1 heterocycles. The number of nitrogens with zero attached hydrogens (tertiary/aromatic N) is 1. The van der Waals surface area contributed by atoms with Crippen molar-refractivity contribution in [2.45, 2.75) is 56.9 Å². The van der Waals surface area contributed by atoms with Crippen LogP contribution in [0.15, 0.2) is 18.2 Å². The predicted molar refractivity (Wildman–Crippen MR) is 86.1 cm³/mol. The van der Waals surface area contributed by atoms with Crippen LogP contribution in [-0.4, -0.2) is 30.5 Å². The van der Waals surface area contributed by atoms with Gasteiger partial charge in [0, 0.05) is 24.9 Å². The molecule has 1 saturated carbocycles. The number of hydrogen-bond donors (Lipinski definition) is 0. The van der Waals surface area contributed by atoms with Gasteiger partial charge in [-0.3, -0.25) is 4.79 Å². The summed E-state index contributed by atoms with van der Waals surface area (Å²) in [6.07, 6.45) is 7.32. The summed E-state index contributed by atoms with van der Waals surface area (Å²) in [6.45, 7) is 2.66. The minimum atomic E-state index is 0.251. The maximum atomic E-state index is 12.1. The number of piperidine rings is 1. The number of amides is 1. The molecule has 22 heavy (non-hydrogen) atoms.